The van der Waals surface area contributed by atoms with Crippen LogP contribution in [0.5, 0.6) is 0 Å². The first-order chi connectivity index (χ1) is 9.29. The van der Waals surface area contributed by atoms with Gasteiger partial charge in [-0.25, -0.2) is 0 Å². The fraction of sp³-hybridized carbons (Fsp3) is 0.562. The molecule has 3 unspecified atom stereocenters. The van der Waals surface area contributed by atoms with Crippen molar-refractivity contribution in [3.8, 4) is 0 Å². The number of fused-ring (bicyclic) bond motifs is 1. The maximum Gasteiger partial charge on any atom is 0.0809 e. The topological polar surface area (TPSA) is 38.9 Å². The molecule has 2 aromatic rings. The Morgan fingerprint density at radius 2 is 2.26 bits per heavy atom. The number of nitrogens with zero attached hydrogens (tertiary/aromatic N) is 1. The molecule has 0 saturated heterocycles. The molecule has 0 radical (unpaired) electrons. The Kier molecular flexibility index (Phi) is 3.85. The molecule has 1 fully saturated rings. The zero-order chi connectivity index (χ0) is 13.2. The highest BCUT2D eigenvalue weighted by molar-refractivity contribution is 7.17. The zero-order valence-corrected chi connectivity index (χ0v) is 12.3. The van der Waals surface area contributed by atoms with Gasteiger partial charge in [0.05, 0.1) is 10.2 Å². The maximum absolute atomic E-state index is 6.56. The molecule has 2 aromatic heterocycles. The van der Waals surface area contributed by atoms with Crippen LogP contribution in [0.1, 0.15) is 50.6 Å². The van der Waals surface area contributed by atoms with E-state index in [1.165, 1.54) is 42.4 Å². The second kappa shape index (κ2) is 5.59. The third-order valence-electron chi connectivity index (χ3n) is 4.66. The quantitative estimate of drug-likeness (QED) is 0.894. The number of nitrogens with two attached hydrogens (primary N) is 1. The van der Waals surface area contributed by atoms with Gasteiger partial charge >= 0.3 is 0 Å². The van der Waals surface area contributed by atoms with E-state index in [1.807, 2.05) is 6.20 Å². The molecule has 0 aromatic carbocycles. The Hall–Kier alpha value is -0.930. The average Bonchev–Trinajstić information content (AvgIpc) is 2.93. The van der Waals surface area contributed by atoms with Crippen molar-refractivity contribution in [2.24, 2.45) is 17.6 Å². The highest BCUT2D eigenvalue weighted by Gasteiger charge is 2.29. The lowest BCUT2D eigenvalue weighted by molar-refractivity contribution is 0.196. The molecule has 1 saturated carbocycles. The van der Waals surface area contributed by atoms with Crippen molar-refractivity contribution in [3.05, 3.63) is 29.3 Å². The van der Waals surface area contributed by atoms with Crippen LogP contribution in [0.25, 0.3) is 10.2 Å². The van der Waals surface area contributed by atoms with Gasteiger partial charge in [-0.05, 0) is 41.3 Å². The summed E-state index contributed by atoms with van der Waals surface area (Å²) in [5.74, 6) is 1.43. The minimum Gasteiger partial charge on any atom is -0.324 e. The minimum atomic E-state index is 0.157. The third-order valence-corrected chi connectivity index (χ3v) is 5.52. The van der Waals surface area contributed by atoms with Crippen LogP contribution in [0, 0.1) is 11.8 Å². The number of pyridine rings is 1. The van der Waals surface area contributed by atoms with Gasteiger partial charge in [0.1, 0.15) is 0 Å². The molecular weight excluding hydrogens is 252 g/mol. The zero-order valence-electron chi connectivity index (χ0n) is 11.5. The van der Waals surface area contributed by atoms with Gasteiger partial charge in [-0.15, -0.1) is 11.3 Å². The summed E-state index contributed by atoms with van der Waals surface area (Å²) in [6.45, 7) is 2.30. The molecule has 0 aliphatic heterocycles. The molecule has 0 spiro atoms. The van der Waals surface area contributed by atoms with E-state index in [0.29, 0.717) is 5.92 Å². The van der Waals surface area contributed by atoms with Crippen molar-refractivity contribution < 1.29 is 0 Å². The molecule has 3 heteroatoms. The molecule has 2 N–H and O–H groups in total. The Morgan fingerprint density at radius 3 is 3.11 bits per heavy atom. The number of hydrogen-bond donors (Lipinski definition) is 1. The summed E-state index contributed by atoms with van der Waals surface area (Å²) >= 11 is 1.75. The summed E-state index contributed by atoms with van der Waals surface area (Å²) in [6.07, 6.45) is 8.59. The van der Waals surface area contributed by atoms with Crippen molar-refractivity contribution in [1.82, 2.24) is 4.98 Å². The molecule has 2 heterocycles. The Bertz CT molecular complexity index is 548. The average molecular weight is 274 g/mol. The van der Waals surface area contributed by atoms with Gasteiger partial charge in [-0.2, -0.15) is 0 Å². The van der Waals surface area contributed by atoms with Gasteiger partial charge in [-0.1, -0.05) is 32.6 Å². The Labute approximate surface area is 119 Å². The van der Waals surface area contributed by atoms with Crippen LogP contribution in [0.2, 0.25) is 0 Å². The molecule has 3 atom stereocenters. The molecular formula is C16H22N2S. The Balaban J connectivity index is 1.86. The lowest BCUT2D eigenvalue weighted by atomic mass is 9.73. The largest absolute Gasteiger partial charge is 0.324 e. The van der Waals surface area contributed by atoms with E-state index in [9.17, 15) is 0 Å². The number of thiophene rings is 1. The number of hydrogen-bond acceptors (Lipinski definition) is 3. The van der Waals surface area contributed by atoms with Gasteiger partial charge in [0.25, 0.3) is 0 Å². The second-order valence-electron chi connectivity index (χ2n) is 5.72. The van der Waals surface area contributed by atoms with Gasteiger partial charge in [-0.3, -0.25) is 4.98 Å². The molecule has 1 aliphatic rings. The summed E-state index contributed by atoms with van der Waals surface area (Å²) in [5.41, 5.74) is 8.88. The van der Waals surface area contributed by atoms with Gasteiger partial charge in [0, 0.05) is 12.2 Å². The van der Waals surface area contributed by atoms with Gasteiger partial charge < -0.3 is 5.73 Å². The predicted molar refractivity (Wildman–Crippen MR) is 82.3 cm³/mol. The molecule has 0 amide bonds. The first-order valence-corrected chi connectivity index (χ1v) is 8.26. The lowest BCUT2D eigenvalue weighted by Gasteiger charge is -2.35. The van der Waals surface area contributed by atoms with Crippen LogP contribution in [-0.4, -0.2) is 4.98 Å². The van der Waals surface area contributed by atoms with Crippen LogP contribution in [-0.2, 0) is 0 Å². The van der Waals surface area contributed by atoms with E-state index in [2.05, 4.69) is 29.4 Å². The van der Waals surface area contributed by atoms with Crippen LogP contribution in [0.15, 0.2) is 23.7 Å². The molecule has 0 bridgehead atoms. The van der Waals surface area contributed by atoms with Gasteiger partial charge in [0.2, 0.25) is 0 Å². The predicted octanol–water partition coefficient (Wildman–Crippen LogP) is 4.51. The summed E-state index contributed by atoms with van der Waals surface area (Å²) in [6, 6.07) is 4.48. The molecule has 102 valence electrons. The monoisotopic (exact) mass is 274 g/mol. The van der Waals surface area contributed by atoms with Crippen LogP contribution in [0.3, 0.4) is 0 Å². The fourth-order valence-electron chi connectivity index (χ4n) is 3.51. The summed E-state index contributed by atoms with van der Waals surface area (Å²) in [4.78, 5) is 4.54. The van der Waals surface area contributed by atoms with E-state index in [4.69, 9.17) is 5.73 Å². The molecule has 3 rings (SSSR count). The first-order valence-electron chi connectivity index (χ1n) is 7.38. The normalized spacial score (nSPS) is 25.6. The second-order valence-corrected chi connectivity index (χ2v) is 6.66. The Morgan fingerprint density at radius 1 is 1.42 bits per heavy atom. The SMILES string of the molecule is CCC1CCCCC1C(N)c1cnc2ccsc2c1. The molecule has 19 heavy (non-hydrogen) atoms. The van der Waals surface area contributed by atoms with Crippen LogP contribution >= 0.6 is 11.3 Å². The number of aromatic nitrogens is 1. The van der Waals surface area contributed by atoms with Crippen molar-refractivity contribution in [2.75, 3.05) is 0 Å². The van der Waals surface area contributed by atoms with Crippen molar-refractivity contribution in [1.29, 1.82) is 0 Å². The van der Waals surface area contributed by atoms with E-state index < -0.39 is 0 Å². The van der Waals surface area contributed by atoms with E-state index in [-0.39, 0.29) is 6.04 Å². The van der Waals surface area contributed by atoms with Crippen molar-refractivity contribution in [2.45, 2.75) is 45.1 Å². The van der Waals surface area contributed by atoms with Gasteiger partial charge in [0.15, 0.2) is 0 Å². The molecule has 2 nitrogen and oxygen atoms in total. The smallest absolute Gasteiger partial charge is 0.0809 e. The lowest BCUT2D eigenvalue weighted by Crippen LogP contribution is -2.30. The van der Waals surface area contributed by atoms with Crippen LogP contribution in [0.4, 0.5) is 0 Å². The minimum absolute atomic E-state index is 0.157. The van der Waals surface area contributed by atoms with E-state index in [0.717, 1.165) is 11.4 Å². The first kappa shape index (κ1) is 13.1. The summed E-state index contributed by atoms with van der Waals surface area (Å²) in [7, 11) is 0. The highest BCUT2D eigenvalue weighted by atomic mass is 32.1. The van der Waals surface area contributed by atoms with E-state index >= 15 is 0 Å². The summed E-state index contributed by atoms with van der Waals surface area (Å²) in [5, 5.41) is 2.10. The van der Waals surface area contributed by atoms with Crippen molar-refractivity contribution >= 4 is 21.6 Å². The maximum atomic E-state index is 6.56. The van der Waals surface area contributed by atoms with Crippen LogP contribution < -0.4 is 5.73 Å². The van der Waals surface area contributed by atoms with E-state index in [1.54, 1.807) is 11.3 Å². The van der Waals surface area contributed by atoms with Crippen molar-refractivity contribution in [3.63, 3.8) is 0 Å². The third kappa shape index (κ3) is 2.54. The molecule has 1 aliphatic carbocycles. The number of rotatable bonds is 3. The summed E-state index contributed by atoms with van der Waals surface area (Å²) < 4.78 is 1.26. The highest BCUT2D eigenvalue weighted by Crippen LogP contribution is 2.39. The fourth-order valence-corrected chi connectivity index (χ4v) is 4.30. The standard InChI is InChI=1S/C16H22N2S/c1-2-11-5-3-4-6-13(11)16(17)12-9-15-14(18-10-12)7-8-19-15/h7-11,13,16H,2-6,17H2,1H3.